The maximum absolute atomic E-state index is 12.2. The molecule has 1 fully saturated rings. The molecule has 0 spiro atoms. The smallest absolute Gasteiger partial charge is 0.307 e. The van der Waals surface area contributed by atoms with Crippen molar-refractivity contribution < 1.29 is 14.3 Å². The largest absolute Gasteiger partial charge is 0.469 e. The van der Waals surface area contributed by atoms with Gasteiger partial charge in [-0.05, 0) is 51.3 Å². The van der Waals surface area contributed by atoms with Gasteiger partial charge >= 0.3 is 5.97 Å². The van der Waals surface area contributed by atoms with Gasteiger partial charge in [0.25, 0.3) is 5.91 Å². The minimum atomic E-state index is -0.323. The second-order valence-corrected chi connectivity index (χ2v) is 8.37. The van der Waals surface area contributed by atoms with Crippen LogP contribution in [0.25, 0.3) is 0 Å². The molecule has 1 N–H and O–H groups in total. The molecule has 150 valence electrons. The van der Waals surface area contributed by atoms with Gasteiger partial charge in [0.1, 0.15) is 0 Å². The lowest BCUT2D eigenvalue weighted by molar-refractivity contribution is -0.140. The molecule has 0 radical (unpaired) electrons. The molecule has 0 unspecified atom stereocenters. The summed E-state index contributed by atoms with van der Waals surface area (Å²) in [5.41, 5.74) is 1.96. The number of carbonyl (C=O) groups excluding carboxylic acids is 2. The SMILES string of the molecule is COC(=O)CCNC(=O)c1ccc(CN(C2CCCCC2)C(C)(C)C)cc1. The van der Waals surface area contributed by atoms with Crippen molar-refractivity contribution in [3.05, 3.63) is 35.4 Å². The van der Waals surface area contributed by atoms with Gasteiger partial charge in [0, 0.05) is 30.2 Å². The number of methoxy groups -OCH3 is 1. The number of rotatable bonds is 7. The van der Waals surface area contributed by atoms with Crippen molar-refractivity contribution in [2.75, 3.05) is 13.7 Å². The summed E-state index contributed by atoms with van der Waals surface area (Å²) in [6, 6.07) is 8.45. The Morgan fingerprint density at radius 2 is 1.74 bits per heavy atom. The standard InChI is InChI=1S/C22H34N2O3/c1-22(2,3)24(19-8-6-5-7-9-19)16-17-10-12-18(13-11-17)21(26)23-15-14-20(25)27-4/h10-13,19H,5-9,14-16H2,1-4H3,(H,23,26). The first-order valence-electron chi connectivity index (χ1n) is 10.0. The van der Waals surface area contributed by atoms with Gasteiger partial charge in [-0.15, -0.1) is 0 Å². The minimum absolute atomic E-state index is 0.117. The average molecular weight is 375 g/mol. The van der Waals surface area contributed by atoms with Crippen LogP contribution in [0.15, 0.2) is 24.3 Å². The maximum atomic E-state index is 12.2. The third-order valence-corrected chi connectivity index (χ3v) is 5.29. The van der Waals surface area contributed by atoms with E-state index in [1.165, 1.54) is 44.8 Å². The van der Waals surface area contributed by atoms with Crippen LogP contribution in [-0.4, -0.2) is 42.0 Å². The van der Waals surface area contributed by atoms with E-state index < -0.39 is 0 Å². The van der Waals surface area contributed by atoms with Crippen LogP contribution in [0.4, 0.5) is 0 Å². The van der Waals surface area contributed by atoms with E-state index in [1.54, 1.807) is 0 Å². The lowest BCUT2D eigenvalue weighted by Crippen LogP contribution is -2.48. The molecule has 27 heavy (non-hydrogen) atoms. The number of hydrogen-bond donors (Lipinski definition) is 1. The van der Waals surface area contributed by atoms with E-state index in [0.717, 1.165) is 6.54 Å². The normalized spacial score (nSPS) is 15.6. The summed E-state index contributed by atoms with van der Waals surface area (Å²) in [7, 11) is 1.34. The Balaban J connectivity index is 1.96. The van der Waals surface area contributed by atoms with E-state index in [1.807, 2.05) is 24.3 Å². The van der Waals surface area contributed by atoms with Crippen LogP contribution in [0.3, 0.4) is 0 Å². The third-order valence-electron chi connectivity index (χ3n) is 5.29. The minimum Gasteiger partial charge on any atom is -0.469 e. The van der Waals surface area contributed by atoms with Gasteiger partial charge in [-0.2, -0.15) is 0 Å². The quantitative estimate of drug-likeness (QED) is 0.735. The molecule has 1 saturated carbocycles. The Labute approximate surface area is 163 Å². The van der Waals surface area contributed by atoms with E-state index in [9.17, 15) is 9.59 Å². The Bertz CT molecular complexity index is 613. The fraction of sp³-hybridized carbons (Fsp3) is 0.636. The van der Waals surface area contributed by atoms with Gasteiger partial charge in [-0.25, -0.2) is 0 Å². The predicted octanol–water partition coefficient (Wildman–Crippen LogP) is 3.91. The molecule has 0 atom stereocenters. The molecule has 1 amide bonds. The maximum Gasteiger partial charge on any atom is 0.307 e. The van der Waals surface area contributed by atoms with E-state index >= 15 is 0 Å². The number of ether oxygens (including phenoxy) is 1. The van der Waals surface area contributed by atoms with Crippen LogP contribution >= 0.6 is 0 Å². The first-order valence-corrected chi connectivity index (χ1v) is 10.0. The summed E-state index contributed by atoms with van der Waals surface area (Å²) in [4.78, 5) is 25.9. The monoisotopic (exact) mass is 374 g/mol. The van der Waals surface area contributed by atoms with Crippen LogP contribution in [0.2, 0.25) is 0 Å². The second-order valence-electron chi connectivity index (χ2n) is 8.37. The van der Waals surface area contributed by atoms with E-state index in [2.05, 4.69) is 35.7 Å². The molecule has 0 saturated heterocycles. The highest BCUT2D eigenvalue weighted by molar-refractivity contribution is 5.94. The topological polar surface area (TPSA) is 58.6 Å². The van der Waals surface area contributed by atoms with Crippen molar-refractivity contribution in [2.24, 2.45) is 0 Å². The van der Waals surface area contributed by atoms with Crippen molar-refractivity contribution in [1.29, 1.82) is 0 Å². The van der Waals surface area contributed by atoms with Crippen LogP contribution in [-0.2, 0) is 16.1 Å². The Morgan fingerprint density at radius 1 is 1.11 bits per heavy atom. The van der Waals surface area contributed by atoms with Crippen molar-refractivity contribution in [2.45, 2.75) is 77.4 Å². The Hall–Kier alpha value is -1.88. The van der Waals surface area contributed by atoms with Crippen molar-refractivity contribution >= 4 is 11.9 Å². The second kappa shape index (κ2) is 9.88. The zero-order valence-electron chi connectivity index (χ0n) is 17.2. The number of hydrogen-bond acceptors (Lipinski definition) is 4. The molecular weight excluding hydrogens is 340 g/mol. The van der Waals surface area contributed by atoms with E-state index in [0.29, 0.717) is 11.6 Å². The zero-order chi connectivity index (χ0) is 19.9. The molecule has 0 bridgehead atoms. The molecule has 1 aliphatic rings. The van der Waals surface area contributed by atoms with Gasteiger partial charge in [0.05, 0.1) is 13.5 Å². The number of nitrogens with zero attached hydrogens (tertiary/aromatic N) is 1. The first-order chi connectivity index (χ1) is 12.8. The van der Waals surface area contributed by atoms with Crippen LogP contribution in [0.5, 0.6) is 0 Å². The van der Waals surface area contributed by atoms with Gasteiger partial charge in [-0.1, -0.05) is 31.4 Å². The van der Waals surface area contributed by atoms with E-state index in [-0.39, 0.29) is 30.4 Å². The molecule has 0 heterocycles. The molecule has 2 rings (SSSR count). The predicted molar refractivity (Wildman–Crippen MR) is 108 cm³/mol. The van der Waals surface area contributed by atoms with Crippen LogP contribution in [0.1, 0.15) is 75.2 Å². The average Bonchev–Trinajstić information content (AvgIpc) is 2.66. The Kier molecular flexibility index (Phi) is 7.84. The number of nitrogens with one attached hydrogen (secondary N) is 1. The first kappa shape index (κ1) is 21.4. The fourth-order valence-electron chi connectivity index (χ4n) is 3.75. The lowest BCUT2D eigenvalue weighted by Gasteiger charge is -2.43. The van der Waals surface area contributed by atoms with Crippen molar-refractivity contribution in [1.82, 2.24) is 10.2 Å². The van der Waals surface area contributed by atoms with E-state index in [4.69, 9.17) is 0 Å². The molecule has 1 aliphatic carbocycles. The summed E-state index contributed by atoms with van der Waals surface area (Å²) in [5.74, 6) is -0.485. The number of benzene rings is 1. The molecule has 1 aromatic carbocycles. The summed E-state index contributed by atoms with van der Waals surface area (Å²) >= 11 is 0. The highest BCUT2D eigenvalue weighted by Crippen LogP contribution is 2.29. The van der Waals surface area contributed by atoms with Gasteiger partial charge in [0.15, 0.2) is 0 Å². The molecule has 0 aliphatic heterocycles. The number of esters is 1. The third kappa shape index (κ3) is 6.65. The van der Waals surface area contributed by atoms with Gasteiger partial charge in [0.2, 0.25) is 0 Å². The number of amides is 1. The van der Waals surface area contributed by atoms with Crippen molar-refractivity contribution in [3.63, 3.8) is 0 Å². The fourth-order valence-corrected chi connectivity index (χ4v) is 3.75. The summed E-state index contributed by atoms with van der Waals surface area (Å²) in [6.45, 7) is 8.03. The molecular formula is C22H34N2O3. The van der Waals surface area contributed by atoms with Gasteiger partial charge in [-0.3, -0.25) is 14.5 Å². The highest BCUT2D eigenvalue weighted by atomic mass is 16.5. The molecule has 1 aromatic rings. The Morgan fingerprint density at radius 3 is 2.30 bits per heavy atom. The lowest BCUT2D eigenvalue weighted by atomic mass is 9.90. The molecule has 0 aromatic heterocycles. The van der Waals surface area contributed by atoms with Crippen molar-refractivity contribution in [3.8, 4) is 0 Å². The zero-order valence-corrected chi connectivity index (χ0v) is 17.2. The molecule has 5 heteroatoms. The van der Waals surface area contributed by atoms with Crippen LogP contribution < -0.4 is 5.32 Å². The highest BCUT2D eigenvalue weighted by Gasteiger charge is 2.29. The summed E-state index contributed by atoms with van der Waals surface area (Å²) < 4.78 is 4.57. The summed E-state index contributed by atoms with van der Waals surface area (Å²) in [6.07, 6.45) is 6.73. The van der Waals surface area contributed by atoms with Crippen LogP contribution in [0, 0.1) is 0 Å². The summed E-state index contributed by atoms with van der Waals surface area (Å²) in [5, 5.41) is 2.75. The van der Waals surface area contributed by atoms with Gasteiger partial charge < -0.3 is 10.1 Å². The number of carbonyl (C=O) groups is 2. The molecule has 5 nitrogen and oxygen atoms in total.